The van der Waals surface area contributed by atoms with E-state index >= 15 is 0 Å². The molecule has 1 saturated carbocycles. The highest BCUT2D eigenvalue weighted by Gasteiger charge is 2.29. The van der Waals surface area contributed by atoms with Crippen molar-refractivity contribution in [1.29, 1.82) is 0 Å². The molecule has 0 saturated heterocycles. The first-order valence-corrected chi connectivity index (χ1v) is 10.4. The van der Waals surface area contributed by atoms with E-state index in [1.165, 1.54) is 44.1 Å². The minimum atomic E-state index is -0.212. The Morgan fingerprint density at radius 3 is 2.84 bits per heavy atom. The molecule has 1 aromatic rings. The van der Waals surface area contributed by atoms with Crippen LogP contribution in [-0.4, -0.2) is 17.5 Å². The predicted octanol–water partition coefficient (Wildman–Crippen LogP) is 5.51. The second-order valence-corrected chi connectivity index (χ2v) is 8.46. The van der Waals surface area contributed by atoms with Gasteiger partial charge in [0, 0.05) is 5.75 Å². The molecule has 1 heterocycles. The van der Waals surface area contributed by atoms with Gasteiger partial charge in [-0.15, -0.1) is 12.4 Å². The van der Waals surface area contributed by atoms with Crippen molar-refractivity contribution < 1.29 is 4.74 Å². The molecular formula is C20H31ClN2OS. The van der Waals surface area contributed by atoms with Crippen LogP contribution >= 0.6 is 24.2 Å². The number of thioether (sulfide) groups is 1. The number of hydrogen-bond acceptors (Lipinski definition) is 4. The van der Waals surface area contributed by atoms with Crippen molar-refractivity contribution in [3.63, 3.8) is 0 Å². The quantitative estimate of drug-likeness (QED) is 0.659. The van der Waals surface area contributed by atoms with E-state index in [0.717, 1.165) is 36.9 Å². The van der Waals surface area contributed by atoms with Gasteiger partial charge in [-0.25, -0.2) is 0 Å². The molecule has 0 amide bonds. The Kier molecular flexibility index (Phi) is 7.95. The zero-order valence-corrected chi connectivity index (χ0v) is 16.8. The molecule has 0 aromatic heterocycles. The third kappa shape index (κ3) is 5.82. The van der Waals surface area contributed by atoms with E-state index in [4.69, 9.17) is 10.5 Å². The van der Waals surface area contributed by atoms with Crippen molar-refractivity contribution in [2.75, 3.05) is 12.4 Å². The van der Waals surface area contributed by atoms with E-state index < -0.39 is 0 Å². The van der Waals surface area contributed by atoms with Gasteiger partial charge in [-0.1, -0.05) is 56.0 Å². The minimum absolute atomic E-state index is 0. The van der Waals surface area contributed by atoms with Gasteiger partial charge in [0.2, 0.25) is 0 Å². The highest BCUT2D eigenvalue weighted by atomic mass is 35.5. The maximum atomic E-state index is 6.02. The lowest BCUT2D eigenvalue weighted by Crippen LogP contribution is -2.28. The van der Waals surface area contributed by atoms with Crippen LogP contribution in [0.15, 0.2) is 29.3 Å². The molecule has 1 atom stereocenters. The molecule has 1 unspecified atom stereocenters. The molecule has 1 aromatic carbocycles. The van der Waals surface area contributed by atoms with Crippen molar-refractivity contribution in [2.45, 2.75) is 63.8 Å². The highest BCUT2D eigenvalue weighted by molar-refractivity contribution is 8.13. The van der Waals surface area contributed by atoms with Crippen LogP contribution in [0.3, 0.4) is 0 Å². The summed E-state index contributed by atoms with van der Waals surface area (Å²) in [6.07, 6.45) is 10.6. The van der Waals surface area contributed by atoms with Crippen LogP contribution in [0.5, 0.6) is 5.75 Å². The number of aliphatic imine (C=N–C) groups is 1. The molecule has 3 nitrogen and oxygen atoms in total. The largest absolute Gasteiger partial charge is 0.494 e. The second kappa shape index (κ2) is 9.72. The Hall–Kier alpha value is -0.870. The summed E-state index contributed by atoms with van der Waals surface area (Å²) in [6.45, 7) is 2.99. The highest BCUT2D eigenvalue weighted by Crippen LogP contribution is 2.36. The van der Waals surface area contributed by atoms with Crippen LogP contribution in [0.1, 0.15) is 63.9 Å². The van der Waals surface area contributed by atoms with Crippen LogP contribution in [0.25, 0.3) is 0 Å². The van der Waals surface area contributed by atoms with Crippen molar-refractivity contribution in [3.8, 4) is 5.75 Å². The molecule has 1 aliphatic heterocycles. The number of rotatable bonds is 6. The Morgan fingerprint density at radius 2 is 2.08 bits per heavy atom. The molecule has 140 valence electrons. The van der Waals surface area contributed by atoms with E-state index in [1.54, 1.807) is 11.8 Å². The van der Waals surface area contributed by atoms with E-state index in [1.807, 2.05) is 0 Å². The molecule has 1 fully saturated rings. The first kappa shape index (κ1) is 20.4. The Morgan fingerprint density at radius 1 is 1.28 bits per heavy atom. The van der Waals surface area contributed by atoms with Gasteiger partial charge in [0.1, 0.15) is 5.75 Å². The molecule has 0 spiro atoms. The van der Waals surface area contributed by atoms with E-state index in [9.17, 15) is 0 Å². The summed E-state index contributed by atoms with van der Waals surface area (Å²) in [7, 11) is 0. The second-order valence-electron chi connectivity index (χ2n) is 7.34. The van der Waals surface area contributed by atoms with Crippen LogP contribution in [0.4, 0.5) is 0 Å². The summed E-state index contributed by atoms with van der Waals surface area (Å²) in [4.78, 5) is 4.68. The minimum Gasteiger partial charge on any atom is -0.494 e. The van der Waals surface area contributed by atoms with Gasteiger partial charge in [0.15, 0.2) is 5.17 Å². The number of halogens is 1. The van der Waals surface area contributed by atoms with E-state index in [-0.39, 0.29) is 17.9 Å². The maximum absolute atomic E-state index is 6.02. The van der Waals surface area contributed by atoms with Gasteiger partial charge < -0.3 is 10.5 Å². The number of nitrogens with two attached hydrogens (primary N) is 1. The van der Waals surface area contributed by atoms with Crippen molar-refractivity contribution in [3.05, 3.63) is 29.8 Å². The summed E-state index contributed by atoms with van der Waals surface area (Å²) in [6, 6.07) is 8.41. The fourth-order valence-electron chi connectivity index (χ4n) is 3.85. The molecule has 0 bridgehead atoms. The third-order valence-electron chi connectivity index (χ3n) is 5.40. The number of ether oxygens (including phenoxy) is 1. The van der Waals surface area contributed by atoms with Gasteiger partial charge in [0.25, 0.3) is 0 Å². The molecule has 0 radical (unpaired) electrons. The Bertz CT molecular complexity index is 575. The maximum Gasteiger partial charge on any atom is 0.154 e. The van der Waals surface area contributed by atoms with Gasteiger partial charge in [0.05, 0.1) is 12.1 Å². The zero-order valence-electron chi connectivity index (χ0n) is 15.2. The summed E-state index contributed by atoms with van der Waals surface area (Å²) in [5.74, 6) is 2.92. The number of nitrogens with zero attached hydrogens (tertiary/aromatic N) is 1. The average Bonchev–Trinajstić information content (AvgIpc) is 2.60. The molecule has 2 N–H and O–H groups in total. The summed E-state index contributed by atoms with van der Waals surface area (Å²) in [5.41, 5.74) is 6.93. The van der Waals surface area contributed by atoms with Gasteiger partial charge in [-0.2, -0.15) is 0 Å². The first-order valence-electron chi connectivity index (χ1n) is 9.37. The van der Waals surface area contributed by atoms with Gasteiger partial charge in [-0.05, 0) is 49.8 Å². The van der Waals surface area contributed by atoms with Crippen LogP contribution in [0.2, 0.25) is 0 Å². The summed E-state index contributed by atoms with van der Waals surface area (Å²) >= 11 is 1.65. The molecule has 2 aliphatic rings. The zero-order chi connectivity index (χ0) is 16.8. The van der Waals surface area contributed by atoms with E-state index in [0.29, 0.717) is 5.17 Å². The topological polar surface area (TPSA) is 47.6 Å². The predicted molar refractivity (Wildman–Crippen MR) is 111 cm³/mol. The number of benzene rings is 1. The Balaban J connectivity index is 0.00000225. The molecule has 3 rings (SSSR count). The lowest BCUT2D eigenvalue weighted by Gasteiger charge is -2.30. The van der Waals surface area contributed by atoms with Crippen LogP contribution in [0, 0.1) is 5.92 Å². The van der Waals surface area contributed by atoms with Crippen molar-refractivity contribution in [1.82, 2.24) is 0 Å². The summed E-state index contributed by atoms with van der Waals surface area (Å²) in [5, 5.41) is 0.697. The standard InChI is InChI=1S/C20H30N2OS.ClH/c1-20(12-14-24-19(21)22-20)17-10-5-11-18(15-17)23-13-6-9-16-7-3-2-4-8-16;/h5,10-11,15-16H,2-4,6-9,12-14H2,1H3,(H2,21,22);1H. The molecule has 1 aliphatic carbocycles. The Labute approximate surface area is 162 Å². The lowest BCUT2D eigenvalue weighted by molar-refractivity contribution is 0.268. The third-order valence-corrected chi connectivity index (χ3v) is 6.20. The fraction of sp³-hybridized carbons (Fsp3) is 0.650. The van der Waals surface area contributed by atoms with Crippen LogP contribution in [-0.2, 0) is 5.54 Å². The normalized spacial score (nSPS) is 24.3. The SMILES string of the molecule is CC1(c2cccc(OCCCC3CCCCC3)c2)CCSC(N)=N1.Cl. The summed E-state index contributed by atoms with van der Waals surface area (Å²) < 4.78 is 6.02. The average molecular weight is 383 g/mol. The van der Waals surface area contributed by atoms with Crippen molar-refractivity contribution >= 4 is 29.3 Å². The van der Waals surface area contributed by atoms with Gasteiger partial charge in [-0.3, -0.25) is 4.99 Å². The molecule has 25 heavy (non-hydrogen) atoms. The number of amidine groups is 1. The van der Waals surface area contributed by atoms with Crippen LogP contribution < -0.4 is 10.5 Å². The van der Waals surface area contributed by atoms with Gasteiger partial charge >= 0.3 is 0 Å². The fourth-order valence-corrected chi connectivity index (χ4v) is 4.83. The number of hydrogen-bond donors (Lipinski definition) is 1. The smallest absolute Gasteiger partial charge is 0.154 e. The van der Waals surface area contributed by atoms with E-state index in [2.05, 4.69) is 36.2 Å². The molecule has 5 heteroatoms. The van der Waals surface area contributed by atoms with Crippen molar-refractivity contribution in [2.24, 2.45) is 16.6 Å². The molecular weight excluding hydrogens is 352 g/mol. The monoisotopic (exact) mass is 382 g/mol. The first-order chi connectivity index (χ1) is 11.7. The lowest BCUT2D eigenvalue weighted by atomic mass is 9.86.